The number of carbonyl (C=O) groups is 2. The summed E-state index contributed by atoms with van der Waals surface area (Å²) in [5, 5.41) is 11.8. The summed E-state index contributed by atoms with van der Waals surface area (Å²) in [5.74, 6) is -3.44. The maximum absolute atomic E-state index is 13.1. The highest BCUT2D eigenvalue weighted by atomic mass is 31.2. The lowest BCUT2D eigenvalue weighted by Gasteiger charge is -2.26. The summed E-state index contributed by atoms with van der Waals surface area (Å²) in [4.78, 5) is 34.5. The van der Waals surface area contributed by atoms with E-state index < -0.39 is 37.3 Å². The Labute approximate surface area is 175 Å². The lowest BCUT2D eigenvalue weighted by atomic mass is 10.1. The molecule has 0 saturated carbocycles. The molecule has 0 spiro atoms. The summed E-state index contributed by atoms with van der Waals surface area (Å²) in [6, 6.07) is 17.9. The predicted octanol–water partition coefficient (Wildman–Crippen LogP) is 4.03. The van der Waals surface area contributed by atoms with E-state index >= 15 is 0 Å². The van der Waals surface area contributed by atoms with Crippen LogP contribution in [0.3, 0.4) is 0 Å². The van der Waals surface area contributed by atoms with Crippen molar-refractivity contribution >= 4 is 19.4 Å². The minimum Gasteiger partial charge on any atom is -0.481 e. The SMILES string of the molecule is C=CCC(CP(=O)(O)[C@H](Cc1ccccc1)NC(=O)OCc1ccccc1)C(=O)O. The Morgan fingerprint density at radius 3 is 2.17 bits per heavy atom. The molecule has 2 aromatic carbocycles. The van der Waals surface area contributed by atoms with Crippen LogP contribution in [-0.4, -0.2) is 34.0 Å². The van der Waals surface area contributed by atoms with E-state index in [-0.39, 0.29) is 19.4 Å². The van der Waals surface area contributed by atoms with E-state index in [0.717, 1.165) is 11.1 Å². The summed E-state index contributed by atoms with van der Waals surface area (Å²) in [6.45, 7) is 3.51. The summed E-state index contributed by atoms with van der Waals surface area (Å²) in [7, 11) is -4.10. The first-order chi connectivity index (χ1) is 14.3. The lowest BCUT2D eigenvalue weighted by molar-refractivity contribution is -0.140. The van der Waals surface area contributed by atoms with Gasteiger partial charge in [0, 0.05) is 12.6 Å². The summed E-state index contributed by atoms with van der Waals surface area (Å²) < 4.78 is 18.3. The molecule has 2 unspecified atom stereocenters. The van der Waals surface area contributed by atoms with Crippen molar-refractivity contribution in [2.45, 2.75) is 25.2 Å². The summed E-state index contributed by atoms with van der Waals surface area (Å²) >= 11 is 0. The molecule has 30 heavy (non-hydrogen) atoms. The smallest absolute Gasteiger partial charge is 0.408 e. The minimum atomic E-state index is -4.10. The standard InChI is InChI=1S/C22H26NO6P/c1-2-9-19(21(24)25)16-30(27,28)20(14-17-10-5-3-6-11-17)23-22(26)29-15-18-12-7-4-8-13-18/h2-8,10-13,19-20H,1,9,14-16H2,(H,23,26)(H,24,25)(H,27,28)/t19?,20-/m1/s1. The van der Waals surface area contributed by atoms with E-state index in [4.69, 9.17) is 4.74 Å². The number of carboxylic acids is 1. The Kier molecular flexibility index (Phi) is 8.84. The fourth-order valence-corrected chi connectivity index (χ4v) is 4.92. The molecule has 2 rings (SSSR count). The molecule has 0 aliphatic heterocycles. The number of amides is 1. The van der Waals surface area contributed by atoms with Crippen molar-refractivity contribution in [1.82, 2.24) is 5.32 Å². The highest BCUT2D eigenvalue weighted by Crippen LogP contribution is 2.48. The van der Waals surface area contributed by atoms with Crippen LogP contribution < -0.4 is 5.32 Å². The maximum Gasteiger partial charge on any atom is 0.408 e. The van der Waals surface area contributed by atoms with Gasteiger partial charge in [-0.1, -0.05) is 66.7 Å². The molecule has 8 heteroatoms. The Hall–Kier alpha value is -2.89. The molecule has 3 atom stereocenters. The molecule has 2 aromatic rings. The molecule has 3 N–H and O–H groups in total. The highest BCUT2D eigenvalue weighted by Gasteiger charge is 2.37. The highest BCUT2D eigenvalue weighted by molar-refractivity contribution is 7.58. The molecule has 1 amide bonds. The molecule has 0 aromatic heterocycles. The number of hydrogen-bond donors (Lipinski definition) is 3. The topological polar surface area (TPSA) is 113 Å². The molecular weight excluding hydrogens is 405 g/mol. The first-order valence-electron chi connectivity index (χ1n) is 9.48. The van der Waals surface area contributed by atoms with E-state index in [1.807, 2.05) is 24.3 Å². The van der Waals surface area contributed by atoms with Crippen molar-refractivity contribution in [2.24, 2.45) is 5.92 Å². The normalized spacial score (nSPS) is 14.7. The zero-order chi connectivity index (χ0) is 22.0. The van der Waals surface area contributed by atoms with Gasteiger partial charge in [0.15, 0.2) is 0 Å². The summed E-state index contributed by atoms with van der Waals surface area (Å²) in [6.07, 6.45) is 0.188. The largest absolute Gasteiger partial charge is 0.481 e. The number of rotatable bonds is 11. The van der Waals surface area contributed by atoms with Crippen molar-refractivity contribution in [3.05, 3.63) is 84.4 Å². The Morgan fingerprint density at radius 2 is 1.63 bits per heavy atom. The number of allylic oxidation sites excluding steroid dienone is 1. The Morgan fingerprint density at radius 1 is 1.07 bits per heavy atom. The number of hydrogen-bond acceptors (Lipinski definition) is 4. The second-order valence-corrected chi connectivity index (χ2v) is 9.41. The van der Waals surface area contributed by atoms with Gasteiger partial charge >= 0.3 is 12.1 Å². The molecule has 7 nitrogen and oxygen atoms in total. The molecule has 0 aliphatic carbocycles. The van der Waals surface area contributed by atoms with Crippen molar-refractivity contribution in [2.75, 3.05) is 6.16 Å². The quantitative estimate of drug-likeness (QED) is 0.366. The molecule has 0 bridgehead atoms. The van der Waals surface area contributed by atoms with E-state index in [9.17, 15) is 24.2 Å². The van der Waals surface area contributed by atoms with Crippen molar-refractivity contribution in [3.8, 4) is 0 Å². The van der Waals surface area contributed by atoms with Crippen LogP contribution >= 0.6 is 7.37 Å². The maximum atomic E-state index is 13.1. The predicted molar refractivity (Wildman–Crippen MR) is 114 cm³/mol. The molecule has 160 valence electrons. The molecular formula is C22H26NO6P. The number of nitrogens with one attached hydrogen (secondary N) is 1. The molecule has 0 aliphatic rings. The van der Waals surface area contributed by atoms with Crippen LogP contribution in [0.4, 0.5) is 4.79 Å². The number of aliphatic carboxylic acids is 1. The molecule has 0 radical (unpaired) electrons. The van der Waals surface area contributed by atoms with E-state index in [0.29, 0.717) is 0 Å². The zero-order valence-electron chi connectivity index (χ0n) is 16.5. The van der Waals surface area contributed by atoms with Gasteiger partial charge in [-0.3, -0.25) is 9.36 Å². The third-order valence-electron chi connectivity index (χ3n) is 4.54. The van der Waals surface area contributed by atoms with Crippen molar-refractivity contribution in [3.63, 3.8) is 0 Å². The van der Waals surface area contributed by atoms with Gasteiger partial charge in [0.05, 0.1) is 5.92 Å². The van der Waals surface area contributed by atoms with Gasteiger partial charge in [-0.25, -0.2) is 4.79 Å². The van der Waals surface area contributed by atoms with Gasteiger partial charge in [-0.15, -0.1) is 6.58 Å². The van der Waals surface area contributed by atoms with Crippen molar-refractivity contribution in [1.29, 1.82) is 0 Å². The van der Waals surface area contributed by atoms with Gasteiger partial charge in [-0.05, 0) is 17.5 Å². The monoisotopic (exact) mass is 431 g/mol. The Balaban J connectivity index is 2.14. The average Bonchev–Trinajstić information content (AvgIpc) is 2.73. The first-order valence-corrected chi connectivity index (χ1v) is 11.4. The fourth-order valence-electron chi connectivity index (χ4n) is 2.93. The second kappa shape index (κ2) is 11.3. The van der Waals surface area contributed by atoms with E-state index in [1.54, 1.807) is 36.4 Å². The number of ether oxygens (including phenoxy) is 1. The lowest BCUT2D eigenvalue weighted by Crippen LogP contribution is -2.38. The van der Waals surface area contributed by atoms with Crippen LogP contribution in [-0.2, 0) is 27.1 Å². The number of carbonyl (C=O) groups excluding carboxylic acids is 1. The van der Waals surface area contributed by atoms with Crippen LogP contribution in [0.2, 0.25) is 0 Å². The average molecular weight is 431 g/mol. The second-order valence-electron chi connectivity index (χ2n) is 6.91. The van der Waals surface area contributed by atoms with Gasteiger partial charge in [0.1, 0.15) is 12.4 Å². The van der Waals surface area contributed by atoms with Crippen LogP contribution in [0, 0.1) is 5.92 Å². The summed E-state index contributed by atoms with van der Waals surface area (Å²) in [5.41, 5.74) is 1.51. The van der Waals surface area contributed by atoms with E-state index in [1.165, 1.54) is 6.08 Å². The van der Waals surface area contributed by atoms with Gasteiger partial charge in [-0.2, -0.15) is 0 Å². The number of alkyl carbamates (subject to hydrolysis) is 1. The van der Waals surface area contributed by atoms with Crippen LogP contribution in [0.1, 0.15) is 17.5 Å². The minimum absolute atomic E-state index is 0.00861. The molecule has 0 saturated heterocycles. The third-order valence-corrected chi connectivity index (χ3v) is 6.79. The molecule has 0 heterocycles. The number of carboxylic acid groups (broad SMARTS) is 1. The van der Waals surface area contributed by atoms with Gasteiger partial charge in [0.25, 0.3) is 0 Å². The van der Waals surface area contributed by atoms with Crippen LogP contribution in [0.25, 0.3) is 0 Å². The first kappa shape index (κ1) is 23.4. The van der Waals surface area contributed by atoms with Crippen molar-refractivity contribution < 1.29 is 28.9 Å². The van der Waals surface area contributed by atoms with Crippen LogP contribution in [0.5, 0.6) is 0 Å². The fraction of sp³-hybridized carbons (Fsp3) is 0.273. The van der Waals surface area contributed by atoms with Gasteiger partial charge in [0.2, 0.25) is 7.37 Å². The van der Waals surface area contributed by atoms with Gasteiger partial charge < -0.3 is 20.1 Å². The third kappa shape index (κ3) is 7.50. The Bertz CT molecular complexity index is 887. The number of benzene rings is 2. The van der Waals surface area contributed by atoms with Crippen LogP contribution in [0.15, 0.2) is 73.3 Å². The zero-order valence-corrected chi connectivity index (χ0v) is 17.4. The molecule has 0 fully saturated rings. The van der Waals surface area contributed by atoms with E-state index in [2.05, 4.69) is 11.9 Å².